The minimum absolute atomic E-state index is 0.0165. The zero-order valence-corrected chi connectivity index (χ0v) is 15.3. The highest BCUT2D eigenvalue weighted by atomic mass is 16.6. The van der Waals surface area contributed by atoms with Crippen molar-refractivity contribution < 1.29 is 24.2 Å². The molecule has 25 heavy (non-hydrogen) atoms. The molecule has 1 aliphatic heterocycles. The summed E-state index contributed by atoms with van der Waals surface area (Å²) in [5, 5.41) is 8.82. The molecule has 1 N–H and O–H groups in total. The summed E-state index contributed by atoms with van der Waals surface area (Å²) < 4.78 is 10.6. The predicted molar refractivity (Wildman–Crippen MR) is 95.9 cm³/mol. The van der Waals surface area contributed by atoms with Crippen LogP contribution < -0.4 is 4.74 Å². The SMILES string of the molecule is C=CC(=O)OC(C)(C)C.Cc1ccccc1O[C@H]1CCN(C(=O)O)C1. The van der Waals surface area contributed by atoms with Crippen LogP contribution in [-0.2, 0) is 9.53 Å². The molecule has 0 bridgehead atoms. The largest absolute Gasteiger partial charge is 0.488 e. The molecule has 1 amide bonds. The average Bonchev–Trinajstić information content (AvgIpc) is 2.97. The van der Waals surface area contributed by atoms with Crippen LogP contribution in [0.25, 0.3) is 0 Å². The monoisotopic (exact) mass is 349 g/mol. The molecule has 2 rings (SSSR count). The van der Waals surface area contributed by atoms with E-state index in [0.29, 0.717) is 13.1 Å². The number of carbonyl (C=O) groups excluding carboxylic acids is 1. The summed E-state index contributed by atoms with van der Waals surface area (Å²) in [6.07, 6.45) is 1.04. The molecular weight excluding hydrogens is 322 g/mol. The first-order valence-electron chi connectivity index (χ1n) is 8.18. The second kappa shape index (κ2) is 9.11. The lowest BCUT2D eigenvalue weighted by Gasteiger charge is -2.17. The minimum atomic E-state index is -0.865. The van der Waals surface area contributed by atoms with Crippen molar-refractivity contribution >= 4 is 12.1 Å². The summed E-state index contributed by atoms with van der Waals surface area (Å²) in [6, 6.07) is 7.78. The van der Waals surface area contributed by atoms with Crippen LogP contribution in [0.4, 0.5) is 4.79 Å². The number of benzene rings is 1. The number of para-hydroxylation sites is 1. The van der Waals surface area contributed by atoms with Gasteiger partial charge in [-0.3, -0.25) is 0 Å². The third-order valence-corrected chi connectivity index (χ3v) is 3.38. The molecule has 0 unspecified atom stereocenters. The number of ether oxygens (including phenoxy) is 2. The van der Waals surface area contributed by atoms with Gasteiger partial charge in [-0.15, -0.1) is 0 Å². The Morgan fingerprint density at radius 1 is 1.32 bits per heavy atom. The van der Waals surface area contributed by atoms with Gasteiger partial charge in [-0.05, 0) is 39.3 Å². The lowest BCUT2D eigenvalue weighted by molar-refractivity contribution is -0.148. The van der Waals surface area contributed by atoms with Crippen LogP contribution in [0.15, 0.2) is 36.9 Å². The molecule has 0 aliphatic carbocycles. The maximum absolute atomic E-state index is 10.7. The number of hydrogen-bond acceptors (Lipinski definition) is 4. The fourth-order valence-corrected chi connectivity index (χ4v) is 2.21. The van der Waals surface area contributed by atoms with Gasteiger partial charge in [0.25, 0.3) is 0 Å². The second-order valence-corrected chi connectivity index (χ2v) is 6.76. The summed E-state index contributed by atoms with van der Waals surface area (Å²) in [6.45, 7) is 11.7. The van der Waals surface area contributed by atoms with E-state index in [-0.39, 0.29) is 12.1 Å². The maximum atomic E-state index is 10.7. The Balaban J connectivity index is 0.000000299. The maximum Gasteiger partial charge on any atom is 0.407 e. The molecule has 0 saturated carbocycles. The van der Waals surface area contributed by atoms with E-state index in [9.17, 15) is 9.59 Å². The highest BCUT2D eigenvalue weighted by Gasteiger charge is 2.27. The van der Waals surface area contributed by atoms with Gasteiger partial charge in [0.2, 0.25) is 0 Å². The Hall–Kier alpha value is -2.50. The Morgan fingerprint density at radius 3 is 2.40 bits per heavy atom. The lowest BCUT2D eigenvalue weighted by atomic mass is 10.2. The first-order valence-corrected chi connectivity index (χ1v) is 8.18. The molecule has 1 aliphatic rings. The first-order chi connectivity index (χ1) is 11.6. The normalized spacial score (nSPS) is 16.5. The fourth-order valence-electron chi connectivity index (χ4n) is 2.21. The van der Waals surface area contributed by atoms with Gasteiger partial charge in [-0.25, -0.2) is 9.59 Å². The number of amides is 1. The molecule has 6 nitrogen and oxygen atoms in total. The molecule has 0 radical (unpaired) electrons. The van der Waals surface area contributed by atoms with Crippen molar-refractivity contribution in [3.63, 3.8) is 0 Å². The Morgan fingerprint density at radius 2 is 1.96 bits per heavy atom. The average molecular weight is 349 g/mol. The molecule has 0 aromatic heterocycles. The number of carbonyl (C=O) groups is 2. The number of hydrogen-bond donors (Lipinski definition) is 1. The zero-order valence-electron chi connectivity index (χ0n) is 15.3. The Kier molecular flexibility index (Phi) is 7.48. The van der Waals surface area contributed by atoms with Crippen molar-refractivity contribution in [1.82, 2.24) is 4.90 Å². The Bertz CT molecular complexity index is 606. The smallest absolute Gasteiger partial charge is 0.407 e. The Labute approximate surface area is 149 Å². The van der Waals surface area contributed by atoms with Gasteiger partial charge in [0.15, 0.2) is 0 Å². The van der Waals surface area contributed by atoms with Gasteiger partial charge in [-0.1, -0.05) is 24.8 Å². The molecule has 1 saturated heterocycles. The summed E-state index contributed by atoms with van der Waals surface area (Å²) in [5.74, 6) is 0.474. The van der Waals surface area contributed by atoms with E-state index in [2.05, 4.69) is 6.58 Å². The van der Waals surface area contributed by atoms with Crippen LogP contribution in [-0.4, -0.2) is 46.9 Å². The van der Waals surface area contributed by atoms with Crippen molar-refractivity contribution in [2.24, 2.45) is 0 Å². The van der Waals surface area contributed by atoms with Crippen LogP contribution >= 0.6 is 0 Å². The third-order valence-electron chi connectivity index (χ3n) is 3.38. The van der Waals surface area contributed by atoms with Crippen LogP contribution in [0.3, 0.4) is 0 Å². The summed E-state index contributed by atoms with van der Waals surface area (Å²) in [4.78, 5) is 22.6. The molecule has 6 heteroatoms. The van der Waals surface area contributed by atoms with Gasteiger partial charge >= 0.3 is 12.1 Å². The fraction of sp³-hybridized carbons (Fsp3) is 0.474. The van der Waals surface area contributed by atoms with Crippen LogP contribution in [0.1, 0.15) is 32.8 Å². The molecule has 1 atom stereocenters. The van der Waals surface area contributed by atoms with Gasteiger partial charge < -0.3 is 19.5 Å². The van der Waals surface area contributed by atoms with Crippen molar-refractivity contribution in [2.45, 2.75) is 45.8 Å². The highest BCUT2D eigenvalue weighted by molar-refractivity contribution is 5.81. The number of aryl methyl sites for hydroxylation is 1. The van der Waals surface area contributed by atoms with Crippen molar-refractivity contribution in [3.8, 4) is 5.75 Å². The number of rotatable bonds is 3. The van der Waals surface area contributed by atoms with E-state index in [1.54, 1.807) is 0 Å². The van der Waals surface area contributed by atoms with E-state index < -0.39 is 11.7 Å². The number of nitrogens with zero attached hydrogens (tertiary/aromatic N) is 1. The van der Waals surface area contributed by atoms with Crippen LogP contribution in [0.5, 0.6) is 5.75 Å². The molecule has 1 aromatic carbocycles. The quantitative estimate of drug-likeness (QED) is 0.666. The van der Waals surface area contributed by atoms with E-state index >= 15 is 0 Å². The standard InChI is InChI=1S/C12H15NO3.C7H12O2/c1-9-4-2-3-5-11(9)16-10-6-7-13(8-10)12(14)15;1-5-6(8)9-7(2,3)4/h2-5,10H,6-8H2,1H3,(H,14,15);5H,1H2,2-4H3/t10-;/m0./s1. The molecular formula is C19H27NO5. The van der Waals surface area contributed by atoms with Crippen molar-refractivity contribution in [2.75, 3.05) is 13.1 Å². The minimum Gasteiger partial charge on any atom is -0.488 e. The third kappa shape index (κ3) is 7.74. The van der Waals surface area contributed by atoms with E-state index in [4.69, 9.17) is 14.6 Å². The highest BCUT2D eigenvalue weighted by Crippen LogP contribution is 2.21. The summed E-state index contributed by atoms with van der Waals surface area (Å²) in [5.41, 5.74) is 0.682. The molecule has 0 spiro atoms. The van der Waals surface area contributed by atoms with E-state index in [0.717, 1.165) is 23.8 Å². The van der Waals surface area contributed by atoms with E-state index in [1.807, 2.05) is 52.0 Å². The van der Waals surface area contributed by atoms with Crippen LogP contribution in [0.2, 0.25) is 0 Å². The predicted octanol–water partition coefficient (Wildman–Crippen LogP) is 3.64. The summed E-state index contributed by atoms with van der Waals surface area (Å²) >= 11 is 0. The molecule has 1 fully saturated rings. The number of esters is 1. The second-order valence-electron chi connectivity index (χ2n) is 6.76. The molecule has 138 valence electrons. The molecule has 1 aromatic rings. The first kappa shape index (κ1) is 20.5. The lowest BCUT2D eigenvalue weighted by Crippen LogP contribution is -2.29. The van der Waals surface area contributed by atoms with Crippen LogP contribution in [0, 0.1) is 6.92 Å². The van der Waals surface area contributed by atoms with Gasteiger partial charge in [0.05, 0.1) is 6.54 Å². The van der Waals surface area contributed by atoms with Gasteiger partial charge in [0, 0.05) is 19.0 Å². The number of carboxylic acid groups (broad SMARTS) is 1. The van der Waals surface area contributed by atoms with Crippen molar-refractivity contribution in [3.05, 3.63) is 42.5 Å². The van der Waals surface area contributed by atoms with Gasteiger partial charge in [-0.2, -0.15) is 0 Å². The van der Waals surface area contributed by atoms with Gasteiger partial charge in [0.1, 0.15) is 17.5 Å². The van der Waals surface area contributed by atoms with E-state index in [1.165, 1.54) is 4.90 Å². The number of likely N-dealkylation sites (tertiary alicyclic amines) is 1. The summed E-state index contributed by atoms with van der Waals surface area (Å²) in [7, 11) is 0. The topological polar surface area (TPSA) is 76.1 Å². The molecule has 1 heterocycles. The zero-order chi connectivity index (χ0) is 19.0. The van der Waals surface area contributed by atoms with Crippen molar-refractivity contribution in [1.29, 1.82) is 0 Å².